The largest absolute Gasteiger partial charge is 0.494 e. The van der Waals surface area contributed by atoms with Crippen molar-refractivity contribution in [2.24, 2.45) is 0 Å². The summed E-state index contributed by atoms with van der Waals surface area (Å²) in [4.78, 5) is 0. The van der Waals surface area contributed by atoms with Crippen LogP contribution in [-0.2, 0) is 10.0 Å². The molecule has 0 aliphatic carbocycles. The number of piperidine rings is 1. The van der Waals surface area contributed by atoms with Crippen LogP contribution >= 0.6 is 0 Å². The van der Waals surface area contributed by atoms with Gasteiger partial charge in [-0.05, 0) is 54.3 Å². The Morgan fingerprint density at radius 1 is 1.03 bits per heavy atom. The number of hydrogen-bond donors (Lipinski definition) is 2. The topological polar surface area (TPSA) is 121 Å². The molecule has 2 aromatic carbocycles. The SMILES string of the molecule is COc1cccc(OC)c1-n1c(NS(=O)(=O)[C@@H]2CNC[C@@H](c3ccc(F)cc3)C2)nnc1-c1ccco1. The highest BCUT2D eigenvalue weighted by molar-refractivity contribution is 7.93. The van der Waals surface area contributed by atoms with Gasteiger partial charge in [-0.3, -0.25) is 9.29 Å². The van der Waals surface area contributed by atoms with Gasteiger partial charge in [0, 0.05) is 13.1 Å². The van der Waals surface area contributed by atoms with Gasteiger partial charge in [-0.25, -0.2) is 12.8 Å². The van der Waals surface area contributed by atoms with Gasteiger partial charge in [-0.15, -0.1) is 10.2 Å². The second-order valence-electron chi connectivity index (χ2n) is 8.58. The standard InChI is InChI=1S/C25H26FN5O5S/c1-34-20-5-3-6-21(35-2)23(20)31-24(22-7-4-12-36-22)28-29-25(31)30-37(32,33)19-13-17(14-27-15-19)16-8-10-18(26)11-9-16/h3-12,17,19,27H,13-15H2,1-2H3,(H,29,30)/t17-,19-/m0/s1. The Kier molecular flexibility index (Phi) is 6.85. The fourth-order valence-electron chi connectivity index (χ4n) is 4.52. The van der Waals surface area contributed by atoms with Crippen molar-refractivity contribution in [3.05, 3.63) is 72.2 Å². The smallest absolute Gasteiger partial charge is 0.243 e. The molecule has 3 heterocycles. The minimum absolute atomic E-state index is 0.0434. The first-order chi connectivity index (χ1) is 17.9. The monoisotopic (exact) mass is 527 g/mol. The lowest BCUT2D eigenvalue weighted by atomic mass is 9.91. The van der Waals surface area contributed by atoms with Gasteiger partial charge in [0.1, 0.15) is 23.0 Å². The van der Waals surface area contributed by atoms with Gasteiger partial charge in [0.2, 0.25) is 21.8 Å². The van der Waals surface area contributed by atoms with Crippen LogP contribution in [0.5, 0.6) is 11.5 Å². The van der Waals surface area contributed by atoms with E-state index in [0.717, 1.165) is 5.56 Å². The fourth-order valence-corrected chi connectivity index (χ4v) is 5.89. The first-order valence-corrected chi connectivity index (χ1v) is 13.1. The van der Waals surface area contributed by atoms with Crippen molar-refractivity contribution in [3.8, 4) is 28.8 Å². The molecule has 2 N–H and O–H groups in total. The van der Waals surface area contributed by atoms with Gasteiger partial charge in [0.05, 0.1) is 25.7 Å². The summed E-state index contributed by atoms with van der Waals surface area (Å²) in [5, 5.41) is 10.8. The van der Waals surface area contributed by atoms with Gasteiger partial charge in [-0.1, -0.05) is 18.2 Å². The summed E-state index contributed by atoms with van der Waals surface area (Å²) in [6, 6.07) is 14.7. The molecule has 1 fully saturated rings. The molecule has 194 valence electrons. The Morgan fingerprint density at radius 3 is 2.41 bits per heavy atom. The fraction of sp³-hybridized carbons (Fsp3) is 0.280. The second-order valence-corrected chi connectivity index (χ2v) is 10.5. The Labute approximate surface area is 213 Å². The molecule has 0 radical (unpaired) electrons. The highest BCUT2D eigenvalue weighted by Gasteiger charge is 2.34. The summed E-state index contributed by atoms with van der Waals surface area (Å²) in [6.07, 6.45) is 1.84. The quantitative estimate of drug-likeness (QED) is 0.357. The molecule has 1 aliphatic rings. The van der Waals surface area contributed by atoms with Crippen molar-refractivity contribution >= 4 is 16.0 Å². The van der Waals surface area contributed by atoms with Crippen molar-refractivity contribution in [2.75, 3.05) is 32.0 Å². The number of furan rings is 1. The molecule has 0 saturated carbocycles. The molecular formula is C25H26FN5O5S. The Bertz CT molecular complexity index is 1450. The van der Waals surface area contributed by atoms with E-state index in [1.807, 2.05) is 0 Å². The first-order valence-electron chi connectivity index (χ1n) is 11.6. The van der Waals surface area contributed by atoms with E-state index in [1.165, 1.54) is 37.2 Å². The highest BCUT2D eigenvalue weighted by atomic mass is 32.2. The Hall–Kier alpha value is -3.90. The van der Waals surface area contributed by atoms with Crippen molar-refractivity contribution in [1.82, 2.24) is 20.1 Å². The number of benzene rings is 2. The summed E-state index contributed by atoms with van der Waals surface area (Å²) in [6.45, 7) is 0.846. The van der Waals surface area contributed by atoms with Crippen LogP contribution in [-0.4, -0.2) is 55.7 Å². The molecule has 1 aliphatic heterocycles. The zero-order chi connectivity index (χ0) is 26.0. The van der Waals surface area contributed by atoms with E-state index in [4.69, 9.17) is 13.9 Å². The van der Waals surface area contributed by atoms with Crippen LogP contribution in [0.3, 0.4) is 0 Å². The van der Waals surface area contributed by atoms with E-state index >= 15 is 0 Å². The summed E-state index contributed by atoms with van der Waals surface area (Å²) < 4.78 is 61.4. The summed E-state index contributed by atoms with van der Waals surface area (Å²) in [5.74, 6) is 1.00. The van der Waals surface area contributed by atoms with Crippen molar-refractivity contribution in [2.45, 2.75) is 17.6 Å². The van der Waals surface area contributed by atoms with Gasteiger partial charge >= 0.3 is 0 Å². The number of aromatic nitrogens is 3. The molecule has 1 saturated heterocycles. The number of ether oxygens (including phenoxy) is 2. The lowest BCUT2D eigenvalue weighted by molar-refractivity contribution is 0.391. The van der Waals surface area contributed by atoms with Crippen molar-refractivity contribution in [1.29, 1.82) is 0 Å². The Morgan fingerprint density at radius 2 is 1.76 bits per heavy atom. The lowest BCUT2D eigenvalue weighted by Crippen LogP contribution is -2.44. The summed E-state index contributed by atoms with van der Waals surface area (Å²) in [7, 11) is -0.928. The summed E-state index contributed by atoms with van der Waals surface area (Å²) in [5.41, 5.74) is 1.28. The van der Waals surface area contributed by atoms with E-state index in [9.17, 15) is 12.8 Å². The first kappa shape index (κ1) is 24.8. The molecule has 0 bridgehead atoms. The summed E-state index contributed by atoms with van der Waals surface area (Å²) >= 11 is 0. The third-order valence-corrected chi connectivity index (χ3v) is 8.06. The molecule has 0 amide bonds. The highest BCUT2D eigenvalue weighted by Crippen LogP contribution is 2.38. The minimum atomic E-state index is -3.93. The van der Waals surface area contributed by atoms with Crippen LogP contribution in [0.4, 0.5) is 10.3 Å². The van der Waals surface area contributed by atoms with Crippen LogP contribution in [0.15, 0.2) is 65.3 Å². The van der Waals surface area contributed by atoms with E-state index in [0.29, 0.717) is 35.9 Å². The van der Waals surface area contributed by atoms with Gasteiger partial charge in [0.15, 0.2) is 5.76 Å². The molecule has 2 atom stereocenters. The van der Waals surface area contributed by atoms with Crippen LogP contribution < -0.4 is 19.5 Å². The minimum Gasteiger partial charge on any atom is -0.494 e. The van der Waals surface area contributed by atoms with Crippen LogP contribution in [0.2, 0.25) is 0 Å². The van der Waals surface area contributed by atoms with E-state index in [1.54, 1.807) is 42.5 Å². The molecule has 12 heteroatoms. The average molecular weight is 528 g/mol. The van der Waals surface area contributed by atoms with Crippen molar-refractivity contribution < 1.29 is 26.7 Å². The molecule has 5 rings (SSSR count). The molecular weight excluding hydrogens is 501 g/mol. The van der Waals surface area contributed by atoms with Crippen LogP contribution in [0.1, 0.15) is 17.9 Å². The van der Waals surface area contributed by atoms with Crippen LogP contribution in [0.25, 0.3) is 17.3 Å². The van der Waals surface area contributed by atoms with Gasteiger partial charge < -0.3 is 19.2 Å². The third-order valence-electron chi connectivity index (χ3n) is 6.35. The van der Waals surface area contributed by atoms with E-state index < -0.39 is 15.3 Å². The number of methoxy groups -OCH3 is 2. The molecule has 10 nitrogen and oxygen atoms in total. The zero-order valence-electron chi connectivity index (χ0n) is 20.2. The molecule has 37 heavy (non-hydrogen) atoms. The number of hydrogen-bond acceptors (Lipinski definition) is 8. The zero-order valence-corrected chi connectivity index (χ0v) is 21.0. The van der Waals surface area contributed by atoms with Gasteiger partial charge in [0.25, 0.3) is 0 Å². The average Bonchev–Trinajstić information content (AvgIpc) is 3.58. The van der Waals surface area contributed by atoms with E-state index in [-0.39, 0.29) is 30.1 Å². The van der Waals surface area contributed by atoms with E-state index in [2.05, 4.69) is 20.2 Å². The number of sulfonamides is 1. The normalized spacial score (nSPS) is 17.9. The number of halogens is 1. The number of nitrogens with zero attached hydrogens (tertiary/aromatic N) is 3. The molecule has 0 spiro atoms. The maximum atomic E-state index is 13.6. The number of nitrogens with one attached hydrogen (secondary N) is 2. The molecule has 0 unspecified atom stereocenters. The number of rotatable bonds is 8. The maximum Gasteiger partial charge on any atom is 0.243 e. The van der Waals surface area contributed by atoms with Crippen molar-refractivity contribution in [3.63, 3.8) is 0 Å². The molecule has 4 aromatic rings. The Balaban J connectivity index is 1.52. The predicted octanol–water partition coefficient (Wildman–Crippen LogP) is 3.57. The number of para-hydroxylation sites is 1. The molecule has 2 aromatic heterocycles. The second kappa shape index (κ2) is 10.2. The predicted molar refractivity (Wildman–Crippen MR) is 135 cm³/mol. The van der Waals surface area contributed by atoms with Crippen LogP contribution in [0, 0.1) is 5.82 Å². The maximum absolute atomic E-state index is 13.6. The lowest BCUT2D eigenvalue weighted by Gasteiger charge is -2.30. The third kappa shape index (κ3) is 4.89. The van der Waals surface area contributed by atoms with Gasteiger partial charge in [-0.2, -0.15) is 0 Å². The number of anilines is 1.